The van der Waals surface area contributed by atoms with Crippen LogP contribution in [0.5, 0.6) is 0 Å². The molecular formula is C13H22N2O7. The topological polar surface area (TPSA) is 171 Å². The first-order valence-electron chi connectivity index (χ1n) is 6.89. The molecule has 9 nitrogen and oxygen atoms in total. The third-order valence-corrected chi connectivity index (χ3v) is 2.91. The number of aliphatic carboxylic acids is 3. The predicted octanol–water partition coefficient (Wildman–Crippen LogP) is -0.290. The van der Waals surface area contributed by atoms with Crippen LogP contribution in [0.2, 0.25) is 0 Å². The minimum Gasteiger partial charge on any atom is -0.481 e. The second kappa shape index (κ2) is 10.7. The van der Waals surface area contributed by atoms with E-state index >= 15 is 0 Å². The molecule has 126 valence electrons. The number of carbonyl (C=O) groups is 3. The lowest BCUT2D eigenvalue weighted by atomic mass is 10.1. The van der Waals surface area contributed by atoms with Crippen LogP contribution in [0.15, 0.2) is 4.99 Å². The number of aliphatic hydroxyl groups is 1. The molecule has 0 amide bonds. The van der Waals surface area contributed by atoms with E-state index in [1.165, 1.54) is 0 Å². The van der Waals surface area contributed by atoms with Gasteiger partial charge in [0.2, 0.25) is 0 Å². The normalized spacial score (nSPS) is 14.4. The Morgan fingerprint density at radius 3 is 2.18 bits per heavy atom. The molecule has 0 heterocycles. The number of nitrogens with zero attached hydrogens (tertiary/aromatic N) is 1. The summed E-state index contributed by atoms with van der Waals surface area (Å²) in [4.78, 5) is 35.7. The fraction of sp³-hybridized carbons (Fsp3) is 0.692. The summed E-state index contributed by atoms with van der Waals surface area (Å²) in [5.41, 5.74) is 5.10. The molecule has 0 aliphatic rings. The van der Waals surface area contributed by atoms with Crippen LogP contribution in [0.4, 0.5) is 0 Å². The zero-order valence-electron chi connectivity index (χ0n) is 12.1. The highest BCUT2D eigenvalue weighted by Gasteiger charge is 2.16. The van der Waals surface area contributed by atoms with Gasteiger partial charge in [0.1, 0.15) is 11.8 Å². The number of aliphatic hydroxyl groups excluding tert-OH is 1. The Morgan fingerprint density at radius 1 is 1.05 bits per heavy atom. The summed E-state index contributed by atoms with van der Waals surface area (Å²) in [5.74, 6) is -3.42. The predicted molar refractivity (Wildman–Crippen MR) is 76.9 cm³/mol. The zero-order valence-corrected chi connectivity index (χ0v) is 12.1. The summed E-state index contributed by atoms with van der Waals surface area (Å²) < 4.78 is 0. The molecule has 0 aromatic rings. The van der Waals surface area contributed by atoms with Crippen molar-refractivity contribution in [3.63, 3.8) is 0 Å². The van der Waals surface area contributed by atoms with Gasteiger partial charge >= 0.3 is 17.9 Å². The van der Waals surface area contributed by atoms with Crippen molar-refractivity contribution >= 4 is 23.6 Å². The van der Waals surface area contributed by atoms with Crippen molar-refractivity contribution in [2.24, 2.45) is 10.7 Å². The number of carboxylic acids is 3. The number of rotatable bonds is 12. The molecule has 0 aromatic heterocycles. The Hall–Kier alpha value is -2.00. The standard InChI is InChI=1S/C13H22N2O7/c14-9(12(19)20)3-1-2-6-15-10(13(21)22)7-8(16)4-5-11(17)18/h8-9,16H,1-7,14H2,(H,17,18)(H,19,20)(H,21,22)/t8-,9+/m1/s1. The summed E-state index contributed by atoms with van der Waals surface area (Å²) >= 11 is 0. The summed E-state index contributed by atoms with van der Waals surface area (Å²) in [6.45, 7) is 0.180. The number of hydrogen-bond donors (Lipinski definition) is 5. The molecule has 2 atom stereocenters. The quantitative estimate of drug-likeness (QED) is 0.241. The Morgan fingerprint density at radius 2 is 1.68 bits per heavy atom. The van der Waals surface area contributed by atoms with E-state index in [1.807, 2.05) is 0 Å². The molecule has 0 bridgehead atoms. The van der Waals surface area contributed by atoms with Crippen molar-refractivity contribution in [1.29, 1.82) is 0 Å². The Labute approximate surface area is 127 Å². The number of unbranched alkanes of at least 4 members (excludes halogenated alkanes) is 1. The molecule has 22 heavy (non-hydrogen) atoms. The maximum absolute atomic E-state index is 11.0. The fourth-order valence-electron chi connectivity index (χ4n) is 1.65. The molecule has 0 fully saturated rings. The molecule has 6 N–H and O–H groups in total. The maximum atomic E-state index is 11.0. The van der Waals surface area contributed by atoms with Gasteiger partial charge in [-0.25, -0.2) is 4.79 Å². The molecule has 0 radical (unpaired) electrons. The van der Waals surface area contributed by atoms with Gasteiger partial charge in [-0.2, -0.15) is 0 Å². The van der Waals surface area contributed by atoms with Gasteiger partial charge in [-0.05, 0) is 25.7 Å². The average Bonchev–Trinajstić information content (AvgIpc) is 2.42. The Balaban J connectivity index is 4.19. The summed E-state index contributed by atoms with van der Waals surface area (Å²) in [5, 5.41) is 35.6. The van der Waals surface area contributed by atoms with Crippen molar-refractivity contribution < 1.29 is 34.8 Å². The largest absolute Gasteiger partial charge is 0.481 e. The highest BCUT2D eigenvalue weighted by atomic mass is 16.4. The third-order valence-electron chi connectivity index (χ3n) is 2.91. The lowest BCUT2D eigenvalue weighted by molar-refractivity contribution is -0.139. The third kappa shape index (κ3) is 9.83. The number of carboxylic acid groups (broad SMARTS) is 3. The molecule has 0 aliphatic carbocycles. The molecule has 0 aromatic carbocycles. The first-order valence-corrected chi connectivity index (χ1v) is 6.89. The van der Waals surface area contributed by atoms with Gasteiger partial charge in [0, 0.05) is 19.4 Å². The lowest BCUT2D eigenvalue weighted by Gasteiger charge is -2.09. The number of aliphatic imine (C=N–C) groups is 1. The van der Waals surface area contributed by atoms with Gasteiger partial charge in [-0.1, -0.05) is 0 Å². The van der Waals surface area contributed by atoms with E-state index in [4.69, 9.17) is 21.1 Å². The van der Waals surface area contributed by atoms with Gasteiger partial charge in [-0.15, -0.1) is 0 Å². The van der Waals surface area contributed by atoms with Crippen molar-refractivity contribution in [3.05, 3.63) is 0 Å². The van der Waals surface area contributed by atoms with Crippen LogP contribution in [-0.2, 0) is 14.4 Å². The van der Waals surface area contributed by atoms with Crippen LogP contribution >= 0.6 is 0 Å². The van der Waals surface area contributed by atoms with E-state index in [-0.39, 0.29) is 37.9 Å². The molecule has 0 saturated carbocycles. The van der Waals surface area contributed by atoms with Crippen LogP contribution in [0.3, 0.4) is 0 Å². The van der Waals surface area contributed by atoms with Gasteiger partial charge in [0.05, 0.1) is 6.10 Å². The highest BCUT2D eigenvalue weighted by Crippen LogP contribution is 2.05. The monoisotopic (exact) mass is 318 g/mol. The minimum atomic E-state index is -1.27. The second-order valence-electron chi connectivity index (χ2n) is 4.86. The van der Waals surface area contributed by atoms with E-state index in [1.54, 1.807) is 0 Å². The summed E-state index contributed by atoms with van der Waals surface area (Å²) in [6.07, 6.45) is -0.359. The van der Waals surface area contributed by atoms with Crippen LogP contribution < -0.4 is 5.73 Å². The molecule has 0 saturated heterocycles. The fourth-order valence-corrected chi connectivity index (χ4v) is 1.65. The van der Waals surface area contributed by atoms with Crippen LogP contribution in [0, 0.1) is 0 Å². The minimum absolute atomic E-state index is 0.0465. The summed E-state index contributed by atoms with van der Waals surface area (Å²) in [7, 11) is 0. The second-order valence-corrected chi connectivity index (χ2v) is 4.86. The van der Waals surface area contributed by atoms with Crippen molar-refractivity contribution in [3.8, 4) is 0 Å². The Kier molecular flexibility index (Phi) is 9.72. The Bertz CT molecular complexity index is 423. The molecule has 0 unspecified atom stereocenters. The van der Waals surface area contributed by atoms with Crippen molar-refractivity contribution in [1.82, 2.24) is 0 Å². The first kappa shape index (κ1) is 20.0. The molecule has 0 rings (SSSR count). The number of hydrogen-bond acceptors (Lipinski definition) is 6. The van der Waals surface area contributed by atoms with E-state index in [0.717, 1.165) is 0 Å². The maximum Gasteiger partial charge on any atom is 0.349 e. The van der Waals surface area contributed by atoms with E-state index in [9.17, 15) is 19.5 Å². The molecule has 0 aliphatic heterocycles. The SMILES string of the molecule is N[C@@H](CCCCN=C(C[C@H](O)CCC(=O)O)C(=O)O)C(=O)O. The van der Waals surface area contributed by atoms with Gasteiger partial charge in [0.25, 0.3) is 0 Å². The van der Waals surface area contributed by atoms with Gasteiger partial charge in [0.15, 0.2) is 0 Å². The van der Waals surface area contributed by atoms with Crippen LogP contribution in [0.1, 0.15) is 38.5 Å². The smallest absolute Gasteiger partial charge is 0.349 e. The molecular weight excluding hydrogens is 296 g/mol. The van der Waals surface area contributed by atoms with Crippen LogP contribution in [-0.4, -0.2) is 62.7 Å². The van der Waals surface area contributed by atoms with Crippen molar-refractivity contribution in [2.45, 2.75) is 50.7 Å². The molecule has 9 heteroatoms. The zero-order chi connectivity index (χ0) is 17.1. The van der Waals surface area contributed by atoms with E-state index in [0.29, 0.717) is 12.8 Å². The van der Waals surface area contributed by atoms with Crippen molar-refractivity contribution in [2.75, 3.05) is 6.54 Å². The lowest BCUT2D eigenvalue weighted by Crippen LogP contribution is -2.29. The van der Waals surface area contributed by atoms with Gasteiger partial charge < -0.3 is 26.2 Å². The summed E-state index contributed by atoms with van der Waals surface area (Å²) in [6, 6.07) is -0.944. The highest BCUT2D eigenvalue weighted by molar-refractivity contribution is 6.35. The number of nitrogens with two attached hydrogens (primary N) is 1. The first-order chi connectivity index (χ1) is 10.2. The van der Waals surface area contributed by atoms with E-state index < -0.39 is 30.1 Å². The van der Waals surface area contributed by atoms with E-state index in [2.05, 4.69) is 4.99 Å². The van der Waals surface area contributed by atoms with Gasteiger partial charge in [-0.3, -0.25) is 14.6 Å². The van der Waals surface area contributed by atoms with Crippen LogP contribution in [0.25, 0.3) is 0 Å². The molecule has 0 spiro atoms. The average molecular weight is 318 g/mol.